The minimum Gasteiger partial charge on any atom is -0.504 e. The van der Waals surface area contributed by atoms with Crippen molar-refractivity contribution in [3.05, 3.63) is 30.4 Å². The van der Waals surface area contributed by atoms with Crippen LogP contribution in [-0.2, 0) is 4.79 Å². The molecule has 1 aromatic carbocycles. The maximum absolute atomic E-state index is 10.6. The molecule has 0 spiro atoms. The third-order valence-corrected chi connectivity index (χ3v) is 1.92. The molecule has 0 heterocycles. The zero-order valence-electron chi connectivity index (χ0n) is 7.34. The Bertz CT molecular complexity index is 363. The zero-order valence-corrected chi connectivity index (χ0v) is 7.34. The van der Waals surface area contributed by atoms with E-state index in [1.54, 1.807) is 0 Å². The lowest BCUT2D eigenvalue weighted by atomic mass is 9.99. The number of carbonyl (C=O) groups is 1. The van der Waals surface area contributed by atoms with Crippen LogP contribution in [-0.4, -0.2) is 21.6 Å². The molecule has 0 aliphatic carbocycles. The number of rotatable bonds is 3. The normalized spacial score (nSPS) is 12.0. The van der Waals surface area contributed by atoms with Crippen LogP contribution in [0.4, 0.5) is 0 Å². The fraction of sp³-hybridized carbons (Fsp3) is 0.100. The van der Waals surface area contributed by atoms with Crippen LogP contribution in [0.15, 0.2) is 24.8 Å². The molecule has 0 radical (unpaired) electrons. The van der Waals surface area contributed by atoms with Gasteiger partial charge in [-0.15, -0.1) is 6.58 Å². The summed E-state index contributed by atoms with van der Waals surface area (Å²) >= 11 is 0. The first-order valence-corrected chi connectivity index (χ1v) is 3.93. The van der Waals surface area contributed by atoms with Gasteiger partial charge in [0, 0.05) is 5.56 Å². The first kappa shape index (κ1) is 10.1. The fourth-order valence-corrected chi connectivity index (χ4v) is 1.11. The standard InChI is InChI=1S/C10H10O4/c1-2-6(5-11)7-3-4-8(12)10(14)9(7)13/h2-6,12-14H,1H2. The maximum atomic E-state index is 10.6. The van der Waals surface area contributed by atoms with Crippen molar-refractivity contribution < 1.29 is 20.1 Å². The van der Waals surface area contributed by atoms with Gasteiger partial charge in [0.2, 0.25) is 5.75 Å². The van der Waals surface area contributed by atoms with E-state index in [0.29, 0.717) is 6.29 Å². The molecule has 0 fully saturated rings. The van der Waals surface area contributed by atoms with E-state index in [9.17, 15) is 15.0 Å². The lowest BCUT2D eigenvalue weighted by Crippen LogP contribution is -1.96. The largest absolute Gasteiger partial charge is 0.504 e. The van der Waals surface area contributed by atoms with Crippen LogP contribution in [0.3, 0.4) is 0 Å². The van der Waals surface area contributed by atoms with Crippen LogP contribution in [0.2, 0.25) is 0 Å². The van der Waals surface area contributed by atoms with Crippen molar-refractivity contribution >= 4 is 6.29 Å². The van der Waals surface area contributed by atoms with Gasteiger partial charge >= 0.3 is 0 Å². The number of allylic oxidation sites excluding steroid dienone is 1. The van der Waals surface area contributed by atoms with Gasteiger partial charge in [-0.05, 0) is 6.07 Å². The van der Waals surface area contributed by atoms with Crippen LogP contribution >= 0.6 is 0 Å². The second-order valence-corrected chi connectivity index (χ2v) is 2.77. The molecule has 1 atom stereocenters. The second kappa shape index (κ2) is 3.83. The van der Waals surface area contributed by atoms with Gasteiger partial charge in [0.25, 0.3) is 0 Å². The summed E-state index contributed by atoms with van der Waals surface area (Å²) in [6.45, 7) is 3.41. The Morgan fingerprint density at radius 3 is 2.36 bits per heavy atom. The predicted molar refractivity (Wildman–Crippen MR) is 50.4 cm³/mol. The zero-order chi connectivity index (χ0) is 10.7. The summed E-state index contributed by atoms with van der Waals surface area (Å²) in [5.74, 6) is -2.25. The molecule has 0 amide bonds. The van der Waals surface area contributed by atoms with Gasteiger partial charge in [0.1, 0.15) is 6.29 Å². The Morgan fingerprint density at radius 2 is 1.86 bits per heavy atom. The van der Waals surface area contributed by atoms with Crippen molar-refractivity contribution in [1.82, 2.24) is 0 Å². The lowest BCUT2D eigenvalue weighted by Gasteiger charge is -2.09. The topological polar surface area (TPSA) is 77.8 Å². The Kier molecular flexibility index (Phi) is 2.76. The molecule has 4 nitrogen and oxygen atoms in total. The quantitative estimate of drug-likeness (QED) is 0.384. The highest BCUT2D eigenvalue weighted by Gasteiger charge is 2.16. The first-order valence-electron chi connectivity index (χ1n) is 3.93. The molecular weight excluding hydrogens is 184 g/mol. The van der Waals surface area contributed by atoms with Crippen LogP contribution in [0.25, 0.3) is 0 Å². The molecule has 0 saturated carbocycles. The molecule has 0 bridgehead atoms. The molecule has 4 heteroatoms. The van der Waals surface area contributed by atoms with Gasteiger partial charge in [0.05, 0.1) is 5.92 Å². The SMILES string of the molecule is C=CC(C=O)c1ccc(O)c(O)c1O. The smallest absolute Gasteiger partial charge is 0.200 e. The van der Waals surface area contributed by atoms with Gasteiger partial charge in [-0.2, -0.15) is 0 Å². The summed E-state index contributed by atoms with van der Waals surface area (Å²) in [6.07, 6.45) is 1.91. The van der Waals surface area contributed by atoms with E-state index in [2.05, 4.69) is 6.58 Å². The van der Waals surface area contributed by atoms with Crippen molar-refractivity contribution in [2.24, 2.45) is 0 Å². The highest BCUT2D eigenvalue weighted by Crippen LogP contribution is 2.39. The predicted octanol–water partition coefficient (Wildman–Crippen LogP) is 1.27. The monoisotopic (exact) mass is 194 g/mol. The number of carbonyl (C=O) groups excluding carboxylic acids is 1. The fourth-order valence-electron chi connectivity index (χ4n) is 1.11. The number of hydrogen-bond acceptors (Lipinski definition) is 4. The van der Waals surface area contributed by atoms with E-state index in [-0.39, 0.29) is 5.56 Å². The Balaban J connectivity index is 3.29. The maximum Gasteiger partial charge on any atom is 0.200 e. The van der Waals surface area contributed by atoms with Crippen molar-refractivity contribution in [3.63, 3.8) is 0 Å². The van der Waals surface area contributed by atoms with Gasteiger partial charge in [-0.25, -0.2) is 0 Å². The Labute approximate surface area is 80.7 Å². The van der Waals surface area contributed by atoms with Gasteiger partial charge < -0.3 is 20.1 Å². The summed E-state index contributed by atoms with van der Waals surface area (Å²) in [7, 11) is 0. The van der Waals surface area contributed by atoms with Gasteiger partial charge in [0.15, 0.2) is 11.5 Å². The summed E-state index contributed by atoms with van der Waals surface area (Å²) in [6, 6.07) is 2.55. The molecule has 0 saturated heterocycles. The number of benzene rings is 1. The van der Waals surface area contributed by atoms with E-state index in [1.807, 2.05) is 0 Å². The number of aromatic hydroxyl groups is 3. The highest BCUT2D eigenvalue weighted by molar-refractivity contribution is 5.69. The van der Waals surface area contributed by atoms with Crippen LogP contribution < -0.4 is 0 Å². The van der Waals surface area contributed by atoms with Crippen LogP contribution in [0.5, 0.6) is 17.2 Å². The molecule has 1 unspecified atom stereocenters. The average Bonchev–Trinajstić information content (AvgIpc) is 2.19. The minimum absolute atomic E-state index is 0.213. The summed E-state index contributed by atoms with van der Waals surface area (Å²) < 4.78 is 0. The lowest BCUT2D eigenvalue weighted by molar-refractivity contribution is -0.108. The minimum atomic E-state index is -0.693. The van der Waals surface area contributed by atoms with Gasteiger partial charge in [-0.3, -0.25) is 0 Å². The first-order chi connectivity index (χ1) is 6.61. The third-order valence-electron chi connectivity index (χ3n) is 1.92. The number of hydrogen-bond donors (Lipinski definition) is 3. The van der Waals surface area contributed by atoms with E-state index in [1.165, 1.54) is 18.2 Å². The second-order valence-electron chi connectivity index (χ2n) is 2.77. The van der Waals surface area contributed by atoms with E-state index in [4.69, 9.17) is 5.11 Å². The molecule has 1 aromatic rings. The van der Waals surface area contributed by atoms with Crippen molar-refractivity contribution in [3.8, 4) is 17.2 Å². The Hall–Kier alpha value is -1.97. The molecule has 0 aliphatic heterocycles. The average molecular weight is 194 g/mol. The molecule has 0 aromatic heterocycles. The molecule has 0 aliphatic rings. The van der Waals surface area contributed by atoms with Crippen molar-refractivity contribution in [2.45, 2.75) is 5.92 Å². The molecule has 1 rings (SSSR count). The number of aldehydes is 1. The summed E-state index contributed by atoms with van der Waals surface area (Å²) in [4.78, 5) is 10.6. The van der Waals surface area contributed by atoms with E-state index < -0.39 is 23.2 Å². The molecular formula is C10H10O4. The van der Waals surface area contributed by atoms with Crippen molar-refractivity contribution in [1.29, 1.82) is 0 Å². The van der Waals surface area contributed by atoms with Crippen LogP contribution in [0.1, 0.15) is 11.5 Å². The van der Waals surface area contributed by atoms with E-state index in [0.717, 1.165) is 0 Å². The van der Waals surface area contributed by atoms with Crippen molar-refractivity contribution in [2.75, 3.05) is 0 Å². The third kappa shape index (κ3) is 1.54. The summed E-state index contributed by atoms with van der Waals surface area (Å²) in [5.41, 5.74) is 0.213. The highest BCUT2D eigenvalue weighted by atomic mass is 16.3. The summed E-state index contributed by atoms with van der Waals surface area (Å²) in [5, 5.41) is 27.6. The van der Waals surface area contributed by atoms with Gasteiger partial charge in [-0.1, -0.05) is 12.1 Å². The molecule has 14 heavy (non-hydrogen) atoms. The Morgan fingerprint density at radius 1 is 1.21 bits per heavy atom. The number of phenolic OH excluding ortho intramolecular Hbond substituents is 3. The molecule has 3 N–H and O–H groups in total. The van der Waals surface area contributed by atoms with E-state index >= 15 is 0 Å². The van der Waals surface area contributed by atoms with Crippen LogP contribution in [0, 0.1) is 0 Å². The molecule has 74 valence electrons. The number of phenols is 3.